The molecule has 0 aliphatic rings. The van der Waals surface area contributed by atoms with E-state index in [0.717, 1.165) is 16.5 Å². The van der Waals surface area contributed by atoms with Crippen LogP contribution in [0, 0.1) is 0 Å². The first-order valence-electron chi connectivity index (χ1n) is 6.78. The number of hydrogen-bond donors (Lipinski definition) is 1. The van der Waals surface area contributed by atoms with Gasteiger partial charge in [0, 0.05) is 18.1 Å². The number of rotatable bonds is 4. The smallest absolute Gasteiger partial charge is 0.337 e. The van der Waals surface area contributed by atoms with Crippen LogP contribution in [-0.4, -0.2) is 15.6 Å². The quantitative estimate of drug-likeness (QED) is 0.781. The highest BCUT2D eigenvalue weighted by Crippen LogP contribution is 2.20. The van der Waals surface area contributed by atoms with Gasteiger partial charge < -0.3 is 9.67 Å². The van der Waals surface area contributed by atoms with Crippen molar-refractivity contribution in [1.29, 1.82) is 0 Å². The highest BCUT2D eigenvalue weighted by atomic mass is 16.4. The zero-order chi connectivity index (χ0) is 14.7. The van der Waals surface area contributed by atoms with Crippen molar-refractivity contribution in [1.82, 2.24) is 4.57 Å². The molecule has 0 spiro atoms. The van der Waals surface area contributed by atoms with E-state index in [2.05, 4.69) is 0 Å². The Hall–Kier alpha value is -2.81. The van der Waals surface area contributed by atoms with E-state index in [9.17, 15) is 9.90 Å². The molecule has 3 aromatic rings. The van der Waals surface area contributed by atoms with Crippen LogP contribution in [0.5, 0.6) is 0 Å². The summed E-state index contributed by atoms with van der Waals surface area (Å²) in [5.74, 6) is -0.896. The molecule has 0 aliphatic heterocycles. The van der Waals surface area contributed by atoms with E-state index in [1.807, 2.05) is 65.4 Å². The zero-order valence-electron chi connectivity index (χ0n) is 11.4. The van der Waals surface area contributed by atoms with Crippen LogP contribution in [-0.2, 0) is 6.54 Å². The summed E-state index contributed by atoms with van der Waals surface area (Å²) in [5, 5.41) is 10.2. The molecule has 0 saturated heterocycles. The van der Waals surface area contributed by atoms with Gasteiger partial charge >= 0.3 is 5.97 Å². The number of carboxylic acid groups (broad SMARTS) is 1. The van der Waals surface area contributed by atoms with Crippen molar-refractivity contribution in [2.75, 3.05) is 0 Å². The number of aromatic carboxylic acids is 1. The predicted octanol–water partition coefficient (Wildman–Crippen LogP) is 4.05. The number of hydrogen-bond acceptors (Lipinski definition) is 1. The normalized spacial score (nSPS) is 11.2. The zero-order valence-corrected chi connectivity index (χ0v) is 11.4. The molecule has 1 heterocycles. The van der Waals surface area contributed by atoms with Gasteiger partial charge in [0.15, 0.2) is 0 Å². The molecule has 3 nitrogen and oxygen atoms in total. The lowest BCUT2D eigenvalue weighted by Gasteiger charge is -2.05. The Morgan fingerprint density at radius 3 is 2.62 bits per heavy atom. The fraction of sp³-hybridized carbons (Fsp3) is 0.0556. The maximum absolute atomic E-state index is 11.3. The van der Waals surface area contributed by atoms with Gasteiger partial charge in [0.2, 0.25) is 0 Å². The summed E-state index contributed by atoms with van der Waals surface area (Å²) >= 11 is 0. The number of allylic oxidation sites excluding steroid dienone is 1. The van der Waals surface area contributed by atoms with Crippen LogP contribution in [0.25, 0.3) is 17.0 Å². The van der Waals surface area contributed by atoms with E-state index in [1.54, 1.807) is 12.1 Å². The summed E-state index contributed by atoms with van der Waals surface area (Å²) in [5.41, 5.74) is 2.24. The lowest BCUT2D eigenvalue weighted by molar-refractivity contribution is 0.0698. The summed E-state index contributed by atoms with van der Waals surface area (Å²) in [6, 6.07) is 17.3. The highest BCUT2D eigenvalue weighted by molar-refractivity contribution is 6.02. The summed E-state index contributed by atoms with van der Waals surface area (Å²) in [7, 11) is 0. The molecule has 0 saturated carbocycles. The average molecular weight is 277 g/mol. The molecule has 0 unspecified atom stereocenters. The minimum atomic E-state index is -0.896. The van der Waals surface area contributed by atoms with Crippen LogP contribution in [0.4, 0.5) is 0 Å². The molecule has 104 valence electrons. The number of fused-ring (bicyclic) bond motifs is 1. The average Bonchev–Trinajstić information content (AvgIpc) is 2.91. The molecular formula is C18H15NO2. The third kappa shape index (κ3) is 2.72. The maximum atomic E-state index is 11.3. The van der Waals surface area contributed by atoms with Crippen molar-refractivity contribution in [3.8, 4) is 0 Å². The minimum Gasteiger partial charge on any atom is -0.478 e. The van der Waals surface area contributed by atoms with Crippen LogP contribution in [0.1, 0.15) is 15.9 Å². The van der Waals surface area contributed by atoms with Crippen LogP contribution in [0.15, 0.2) is 66.9 Å². The first-order valence-corrected chi connectivity index (χ1v) is 6.78. The van der Waals surface area contributed by atoms with Crippen molar-refractivity contribution in [3.63, 3.8) is 0 Å². The molecule has 3 heteroatoms. The Morgan fingerprint density at radius 1 is 1.05 bits per heavy atom. The van der Waals surface area contributed by atoms with Gasteiger partial charge in [0.1, 0.15) is 0 Å². The lowest BCUT2D eigenvalue weighted by atomic mass is 10.1. The Labute approximate surface area is 122 Å². The van der Waals surface area contributed by atoms with Crippen LogP contribution < -0.4 is 0 Å². The van der Waals surface area contributed by atoms with Crippen molar-refractivity contribution < 1.29 is 9.90 Å². The molecule has 0 aliphatic carbocycles. The first kappa shape index (κ1) is 13.2. The second-order valence-corrected chi connectivity index (χ2v) is 4.83. The molecule has 2 aromatic carbocycles. The monoisotopic (exact) mass is 277 g/mol. The Morgan fingerprint density at radius 2 is 1.86 bits per heavy atom. The second kappa shape index (κ2) is 5.67. The molecule has 0 fully saturated rings. The van der Waals surface area contributed by atoms with Crippen LogP contribution in [0.3, 0.4) is 0 Å². The Balaban J connectivity index is 1.91. The van der Waals surface area contributed by atoms with Crippen LogP contribution in [0.2, 0.25) is 0 Å². The Kier molecular flexibility index (Phi) is 3.56. The minimum absolute atomic E-state index is 0.339. The Bertz CT molecular complexity index is 800. The van der Waals surface area contributed by atoms with E-state index in [0.29, 0.717) is 12.1 Å². The number of aromatic nitrogens is 1. The van der Waals surface area contributed by atoms with Gasteiger partial charge in [-0.05, 0) is 17.7 Å². The molecular weight excluding hydrogens is 262 g/mol. The molecule has 0 radical (unpaired) electrons. The third-order valence-corrected chi connectivity index (χ3v) is 3.43. The molecule has 1 N–H and O–H groups in total. The van der Waals surface area contributed by atoms with E-state index >= 15 is 0 Å². The molecule has 1 aromatic heterocycles. The summed E-state index contributed by atoms with van der Waals surface area (Å²) < 4.78 is 1.96. The van der Waals surface area contributed by atoms with E-state index < -0.39 is 5.97 Å². The fourth-order valence-corrected chi connectivity index (χ4v) is 2.45. The topological polar surface area (TPSA) is 42.2 Å². The van der Waals surface area contributed by atoms with Gasteiger partial charge in [-0.15, -0.1) is 0 Å². The standard InChI is InChI=1S/C18H15NO2/c20-18(21)16-10-4-9-15-11-13-19(17(15)16)12-5-8-14-6-2-1-3-7-14/h1-11,13H,12H2,(H,20,21). The van der Waals surface area contributed by atoms with E-state index in [4.69, 9.17) is 0 Å². The van der Waals surface area contributed by atoms with Gasteiger partial charge in [-0.25, -0.2) is 4.79 Å². The van der Waals surface area contributed by atoms with Crippen molar-refractivity contribution in [2.45, 2.75) is 6.54 Å². The number of benzene rings is 2. The van der Waals surface area contributed by atoms with Gasteiger partial charge in [-0.3, -0.25) is 0 Å². The number of carboxylic acids is 1. The van der Waals surface area contributed by atoms with Gasteiger partial charge in [-0.1, -0.05) is 54.6 Å². The second-order valence-electron chi connectivity index (χ2n) is 4.83. The van der Waals surface area contributed by atoms with Crippen molar-refractivity contribution in [2.24, 2.45) is 0 Å². The third-order valence-electron chi connectivity index (χ3n) is 3.43. The van der Waals surface area contributed by atoms with Gasteiger partial charge in [0.05, 0.1) is 11.1 Å². The summed E-state index contributed by atoms with van der Waals surface area (Å²) in [6.45, 7) is 0.642. The van der Waals surface area contributed by atoms with Gasteiger partial charge in [0.25, 0.3) is 0 Å². The van der Waals surface area contributed by atoms with Crippen molar-refractivity contribution in [3.05, 3.63) is 78.0 Å². The summed E-state index contributed by atoms with van der Waals surface area (Å²) in [6.07, 6.45) is 6.00. The maximum Gasteiger partial charge on any atom is 0.337 e. The molecule has 3 rings (SSSR count). The van der Waals surface area contributed by atoms with E-state index in [1.165, 1.54) is 0 Å². The molecule has 0 atom stereocenters. The van der Waals surface area contributed by atoms with Crippen molar-refractivity contribution >= 4 is 22.9 Å². The van der Waals surface area contributed by atoms with Crippen LogP contribution >= 0.6 is 0 Å². The summed E-state index contributed by atoms with van der Waals surface area (Å²) in [4.78, 5) is 11.3. The van der Waals surface area contributed by atoms with Gasteiger partial charge in [-0.2, -0.15) is 0 Å². The lowest BCUT2D eigenvalue weighted by Crippen LogP contribution is -2.02. The fourth-order valence-electron chi connectivity index (χ4n) is 2.45. The number of carbonyl (C=O) groups is 1. The first-order chi connectivity index (χ1) is 10.3. The molecule has 21 heavy (non-hydrogen) atoms. The highest BCUT2D eigenvalue weighted by Gasteiger charge is 2.11. The van der Waals surface area contributed by atoms with E-state index in [-0.39, 0.29) is 0 Å². The molecule has 0 amide bonds. The largest absolute Gasteiger partial charge is 0.478 e. The molecule has 0 bridgehead atoms. The number of nitrogens with zero attached hydrogens (tertiary/aromatic N) is 1. The SMILES string of the molecule is O=C(O)c1cccc2ccn(CC=Cc3ccccc3)c12. The number of para-hydroxylation sites is 1. The predicted molar refractivity (Wildman–Crippen MR) is 84.4 cm³/mol.